The molecule has 0 amide bonds. The van der Waals surface area contributed by atoms with Crippen LogP contribution in [-0.4, -0.2) is 29.7 Å². The number of aryl methyl sites for hydroxylation is 1. The van der Waals surface area contributed by atoms with Crippen LogP contribution in [0.15, 0.2) is 0 Å². The first kappa shape index (κ1) is 16.5. The van der Waals surface area contributed by atoms with Gasteiger partial charge in [-0.3, -0.25) is 0 Å². The van der Waals surface area contributed by atoms with E-state index >= 15 is 0 Å². The van der Waals surface area contributed by atoms with Crippen molar-refractivity contribution in [1.82, 2.24) is 15.3 Å². The molecule has 1 heterocycles. The van der Waals surface area contributed by atoms with Gasteiger partial charge in [0.25, 0.3) is 0 Å². The van der Waals surface area contributed by atoms with Crippen LogP contribution in [0.2, 0.25) is 5.15 Å². The third-order valence-electron chi connectivity index (χ3n) is 2.72. The number of imidazole rings is 1. The summed E-state index contributed by atoms with van der Waals surface area (Å²) < 4.78 is 5.50. The molecule has 0 aliphatic heterocycles. The van der Waals surface area contributed by atoms with Crippen molar-refractivity contribution < 1.29 is 4.74 Å². The van der Waals surface area contributed by atoms with Gasteiger partial charge >= 0.3 is 0 Å². The number of H-pyrrole nitrogens is 1. The van der Waals surface area contributed by atoms with Gasteiger partial charge < -0.3 is 15.0 Å². The lowest BCUT2D eigenvalue weighted by molar-refractivity contribution is 0.111. The van der Waals surface area contributed by atoms with E-state index in [4.69, 9.17) is 16.3 Å². The summed E-state index contributed by atoms with van der Waals surface area (Å²) >= 11 is 6.09. The maximum absolute atomic E-state index is 6.09. The van der Waals surface area contributed by atoms with E-state index < -0.39 is 0 Å². The Bertz CT molecular complexity index is 352. The SMILES string of the molecule is CCCCc1nc(Cl)c(CNCCOCC(C)C)[nH]1. The summed E-state index contributed by atoms with van der Waals surface area (Å²) in [6.45, 7) is 9.55. The van der Waals surface area contributed by atoms with Gasteiger partial charge in [-0.25, -0.2) is 4.98 Å². The Labute approximate surface area is 121 Å². The number of halogens is 1. The first-order valence-electron chi connectivity index (χ1n) is 7.15. The molecule has 19 heavy (non-hydrogen) atoms. The summed E-state index contributed by atoms with van der Waals surface area (Å²) in [7, 11) is 0. The summed E-state index contributed by atoms with van der Waals surface area (Å²) in [4.78, 5) is 7.60. The predicted molar refractivity (Wildman–Crippen MR) is 79.6 cm³/mol. The zero-order valence-corrected chi connectivity index (χ0v) is 13.0. The second-order valence-corrected chi connectivity index (χ2v) is 5.56. The van der Waals surface area contributed by atoms with Crippen LogP contribution in [0.4, 0.5) is 0 Å². The summed E-state index contributed by atoms with van der Waals surface area (Å²) in [5.41, 5.74) is 0.969. The van der Waals surface area contributed by atoms with E-state index in [9.17, 15) is 0 Å². The summed E-state index contributed by atoms with van der Waals surface area (Å²) in [5, 5.41) is 3.89. The Morgan fingerprint density at radius 3 is 2.89 bits per heavy atom. The molecule has 0 fully saturated rings. The molecule has 1 rings (SSSR count). The highest BCUT2D eigenvalue weighted by molar-refractivity contribution is 6.30. The normalized spacial score (nSPS) is 11.4. The van der Waals surface area contributed by atoms with E-state index in [1.54, 1.807) is 0 Å². The lowest BCUT2D eigenvalue weighted by atomic mass is 10.2. The molecule has 0 unspecified atom stereocenters. The number of hydrogen-bond acceptors (Lipinski definition) is 3. The minimum Gasteiger partial charge on any atom is -0.380 e. The van der Waals surface area contributed by atoms with Crippen LogP contribution < -0.4 is 5.32 Å². The predicted octanol–water partition coefficient (Wildman–Crippen LogP) is 3.17. The van der Waals surface area contributed by atoms with Crippen molar-refractivity contribution in [3.8, 4) is 0 Å². The van der Waals surface area contributed by atoms with Crippen LogP contribution in [-0.2, 0) is 17.7 Å². The second kappa shape index (κ2) is 9.34. The van der Waals surface area contributed by atoms with Crippen LogP contribution in [0.1, 0.15) is 45.1 Å². The maximum atomic E-state index is 6.09. The molecule has 0 bridgehead atoms. The van der Waals surface area contributed by atoms with Gasteiger partial charge in [-0.1, -0.05) is 38.8 Å². The number of hydrogen-bond donors (Lipinski definition) is 2. The van der Waals surface area contributed by atoms with Gasteiger partial charge in [0.05, 0.1) is 12.3 Å². The summed E-state index contributed by atoms with van der Waals surface area (Å²) in [6.07, 6.45) is 3.27. The van der Waals surface area contributed by atoms with Crippen LogP contribution in [0, 0.1) is 5.92 Å². The molecule has 0 aromatic carbocycles. The Balaban J connectivity index is 2.19. The Morgan fingerprint density at radius 2 is 2.21 bits per heavy atom. The molecule has 0 radical (unpaired) electrons. The van der Waals surface area contributed by atoms with Crippen molar-refractivity contribution >= 4 is 11.6 Å². The molecular weight excluding hydrogens is 262 g/mol. The Kier molecular flexibility index (Phi) is 8.10. The summed E-state index contributed by atoms with van der Waals surface area (Å²) in [6, 6.07) is 0. The Morgan fingerprint density at radius 1 is 1.42 bits per heavy atom. The quantitative estimate of drug-likeness (QED) is 0.650. The molecule has 0 saturated heterocycles. The van der Waals surface area contributed by atoms with E-state index in [2.05, 4.69) is 36.1 Å². The zero-order valence-electron chi connectivity index (χ0n) is 12.3. The van der Waals surface area contributed by atoms with E-state index in [0.717, 1.165) is 44.1 Å². The number of nitrogens with zero attached hydrogens (tertiary/aromatic N) is 1. The molecule has 0 aliphatic carbocycles. The summed E-state index contributed by atoms with van der Waals surface area (Å²) in [5.74, 6) is 1.57. The topological polar surface area (TPSA) is 49.9 Å². The lowest BCUT2D eigenvalue weighted by Gasteiger charge is -2.07. The van der Waals surface area contributed by atoms with Gasteiger partial charge in [0.2, 0.25) is 0 Å². The third-order valence-corrected chi connectivity index (χ3v) is 3.03. The molecule has 1 aromatic rings. The molecule has 5 heteroatoms. The van der Waals surface area contributed by atoms with E-state index in [-0.39, 0.29) is 0 Å². The van der Waals surface area contributed by atoms with Crippen molar-refractivity contribution in [2.75, 3.05) is 19.8 Å². The monoisotopic (exact) mass is 287 g/mol. The van der Waals surface area contributed by atoms with Gasteiger partial charge in [-0.05, 0) is 12.3 Å². The van der Waals surface area contributed by atoms with Gasteiger partial charge in [-0.2, -0.15) is 0 Å². The average Bonchev–Trinajstić information content (AvgIpc) is 2.71. The highest BCUT2D eigenvalue weighted by atomic mass is 35.5. The largest absolute Gasteiger partial charge is 0.380 e. The first-order chi connectivity index (χ1) is 9.13. The highest BCUT2D eigenvalue weighted by Crippen LogP contribution is 2.13. The van der Waals surface area contributed by atoms with Crippen molar-refractivity contribution in [1.29, 1.82) is 0 Å². The fourth-order valence-electron chi connectivity index (χ4n) is 1.70. The van der Waals surface area contributed by atoms with E-state index in [0.29, 0.717) is 17.6 Å². The van der Waals surface area contributed by atoms with Crippen LogP contribution in [0.25, 0.3) is 0 Å². The zero-order chi connectivity index (χ0) is 14.1. The Hall–Kier alpha value is -0.580. The number of aromatic amines is 1. The van der Waals surface area contributed by atoms with Crippen molar-refractivity contribution in [3.05, 3.63) is 16.7 Å². The van der Waals surface area contributed by atoms with Gasteiger partial charge in [0, 0.05) is 26.1 Å². The maximum Gasteiger partial charge on any atom is 0.151 e. The van der Waals surface area contributed by atoms with Crippen molar-refractivity contribution in [2.24, 2.45) is 5.92 Å². The number of nitrogens with one attached hydrogen (secondary N) is 2. The van der Waals surface area contributed by atoms with E-state index in [1.165, 1.54) is 6.42 Å². The molecule has 110 valence electrons. The molecule has 0 atom stereocenters. The van der Waals surface area contributed by atoms with Crippen LogP contribution in [0.3, 0.4) is 0 Å². The number of unbranched alkanes of at least 4 members (excludes halogenated alkanes) is 1. The minimum absolute atomic E-state index is 0.585. The average molecular weight is 288 g/mol. The molecule has 0 saturated carbocycles. The van der Waals surface area contributed by atoms with E-state index in [1.807, 2.05) is 0 Å². The number of ether oxygens (including phenoxy) is 1. The fraction of sp³-hybridized carbons (Fsp3) is 0.786. The van der Waals surface area contributed by atoms with Gasteiger partial charge in [0.1, 0.15) is 5.82 Å². The molecule has 1 aromatic heterocycles. The third kappa shape index (κ3) is 6.95. The lowest BCUT2D eigenvalue weighted by Crippen LogP contribution is -2.20. The van der Waals surface area contributed by atoms with Crippen molar-refractivity contribution in [3.63, 3.8) is 0 Å². The fourth-order valence-corrected chi connectivity index (χ4v) is 1.91. The highest BCUT2D eigenvalue weighted by Gasteiger charge is 2.07. The van der Waals surface area contributed by atoms with Gasteiger partial charge in [0.15, 0.2) is 5.15 Å². The standard InChI is InChI=1S/C14H26ClN3O/c1-4-5-6-13-17-12(14(15)18-13)9-16-7-8-19-10-11(2)3/h11,16H,4-10H2,1-3H3,(H,17,18). The van der Waals surface area contributed by atoms with Crippen LogP contribution in [0.5, 0.6) is 0 Å². The molecule has 4 nitrogen and oxygen atoms in total. The van der Waals surface area contributed by atoms with Gasteiger partial charge in [-0.15, -0.1) is 0 Å². The molecule has 0 spiro atoms. The van der Waals surface area contributed by atoms with Crippen LogP contribution >= 0.6 is 11.6 Å². The molecular formula is C14H26ClN3O. The number of aromatic nitrogens is 2. The second-order valence-electron chi connectivity index (χ2n) is 5.20. The smallest absolute Gasteiger partial charge is 0.151 e. The van der Waals surface area contributed by atoms with Crippen molar-refractivity contribution in [2.45, 2.75) is 46.6 Å². The first-order valence-corrected chi connectivity index (χ1v) is 7.53. The number of rotatable bonds is 10. The minimum atomic E-state index is 0.585. The molecule has 0 aliphatic rings. The molecule has 2 N–H and O–H groups in total.